The Labute approximate surface area is 93.2 Å². The smallest absolute Gasteiger partial charge is 0 e. The molecule has 0 aromatic carbocycles. The molecule has 0 heterocycles. The maximum Gasteiger partial charge on any atom is 0 e. The first-order chi connectivity index (χ1) is 0. The molecular weight excluding hydrogens is 314 g/mol. The summed E-state index contributed by atoms with van der Waals surface area (Å²) < 4.78 is 0. The minimum atomic E-state index is 0. The second kappa shape index (κ2) is 81.2. The molecular formula is H6Cl6Ru. The Hall–Kier alpha value is 2.36. The van der Waals surface area contributed by atoms with E-state index < -0.39 is 0 Å². The molecule has 0 aromatic rings. The monoisotopic (exact) mass is 318 g/mol. The maximum absolute atomic E-state index is 0. The normalized spacial score (nSPS) is 0. The van der Waals surface area contributed by atoms with Crippen molar-refractivity contribution in [3.63, 3.8) is 0 Å². The van der Waals surface area contributed by atoms with E-state index in [9.17, 15) is 0 Å². The van der Waals surface area contributed by atoms with Crippen molar-refractivity contribution in [2.45, 2.75) is 0 Å². The van der Waals surface area contributed by atoms with Gasteiger partial charge in [0.05, 0.1) is 0 Å². The van der Waals surface area contributed by atoms with Gasteiger partial charge < -0.3 is 0 Å². The van der Waals surface area contributed by atoms with Crippen LogP contribution in [0.15, 0.2) is 0 Å². The van der Waals surface area contributed by atoms with Gasteiger partial charge in [-0.1, -0.05) is 0 Å². The van der Waals surface area contributed by atoms with Gasteiger partial charge in [0.1, 0.15) is 0 Å². The van der Waals surface area contributed by atoms with E-state index >= 15 is 0 Å². The van der Waals surface area contributed by atoms with Crippen LogP contribution in [0.3, 0.4) is 0 Å². The first-order valence-electron chi connectivity index (χ1n) is 0. The number of hydrogen-bond acceptors (Lipinski definition) is 0. The molecule has 7 heteroatoms. The van der Waals surface area contributed by atoms with Gasteiger partial charge in [-0.3, -0.25) is 0 Å². The van der Waals surface area contributed by atoms with E-state index in [-0.39, 0.29) is 93.9 Å². The van der Waals surface area contributed by atoms with Gasteiger partial charge in [-0.15, -0.1) is 74.4 Å². The fourth-order valence-corrected chi connectivity index (χ4v) is 0. The van der Waals surface area contributed by atoms with Crippen LogP contribution in [-0.4, -0.2) is 0 Å². The van der Waals surface area contributed by atoms with Crippen molar-refractivity contribution in [2.75, 3.05) is 0 Å². The molecule has 0 saturated carbocycles. The number of halogens is 6. The Morgan fingerprint density at radius 3 is 0.286 bits per heavy atom. The van der Waals surface area contributed by atoms with Crippen molar-refractivity contribution in [2.24, 2.45) is 0 Å². The summed E-state index contributed by atoms with van der Waals surface area (Å²) in [6.07, 6.45) is 0. The van der Waals surface area contributed by atoms with Crippen molar-refractivity contribution in [3.8, 4) is 0 Å². The van der Waals surface area contributed by atoms with Gasteiger partial charge in [0.15, 0.2) is 0 Å². The molecule has 0 radical (unpaired) electrons. The largest absolute Gasteiger partial charge is 0.147 e. The van der Waals surface area contributed by atoms with E-state index in [1.165, 1.54) is 0 Å². The summed E-state index contributed by atoms with van der Waals surface area (Å²) >= 11 is 0. The number of rotatable bonds is 0. The molecule has 0 rings (SSSR count). The summed E-state index contributed by atoms with van der Waals surface area (Å²) in [5, 5.41) is 0. The third-order valence-electron chi connectivity index (χ3n) is 0. The van der Waals surface area contributed by atoms with Crippen LogP contribution in [0.4, 0.5) is 0 Å². The molecule has 0 amide bonds. The molecule has 0 nitrogen and oxygen atoms in total. The molecule has 0 aliphatic rings. The van der Waals surface area contributed by atoms with Crippen molar-refractivity contribution in [3.05, 3.63) is 0 Å². The van der Waals surface area contributed by atoms with Crippen molar-refractivity contribution < 1.29 is 19.5 Å². The standard InChI is InChI=1S/6ClH.Ru/h6*1H;. The van der Waals surface area contributed by atoms with Gasteiger partial charge in [-0.05, 0) is 0 Å². The molecule has 0 aromatic heterocycles. The van der Waals surface area contributed by atoms with Crippen LogP contribution in [0.25, 0.3) is 0 Å². The van der Waals surface area contributed by atoms with E-state index in [1.54, 1.807) is 0 Å². The molecule has 0 bridgehead atoms. The van der Waals surface area contributed by atoms with Gasteiger partial charge in [0.25, 0.3) is 0 Å². The Kier molecular flexibility index (Phi) is 1360. The van der Waals surface area contributed by atoms with Crippen molar-refractivity contribution >= 4 is 74.4 Å². The van der Waals surface area contributed by atoms with Crippen molar-refractivity contribution in [1.82, 2.24) is 0 Å². The number of hydrogen-bond donors (Lipinski definition) is 0. The summed E-state index contributed by atoms with van der Waals surface area (Å²) in [7, 11) is 0. The molecule has 56 valence electrons. The van der Waals surface area contributed by atoms with E-state index in [4.69, 9.17) is 0 Å². The van der Waals surface area contributed by atoms with Crippen LogP contribution >= 0.6 is 74.4 Å². The molecule has 0 unspecified atom stereocenters. The third kappa shape index (κ3) is 60.6. The summed E-state index contributed by atoms with van der Waals surface area (Å²) in [6, 6.07) is 0. The summed E-state index contributed by atoms with van der Waals surface area (Å²) in [5.74, 6) is 0. The van der Waals surface area contributed by atoms with Crippen LogP contribution in [0, 0.1) is 0 Å². The SMILES string of the molecule is Cl.Cl.Cl.Cl.Cl.Cl.[Ru]. The van der Waals surface area contributed by atoms with Crippen LogP contribution in [0.1, 0.15) is 0 Å². The predicted octanol–water partition coefficient (Wildman–Crippen LogP) is 2.53. The summed E-state index contributed by atoms with van der Waals surface area (Å²) in [6.45, 7) is 0. The zero-order valence-corrected chi connectivity index (χ0v) is 9.44. The minimum absolute atomic E-state index is 0. The Bertz CT molecular complexity index is 4.14. The van der Waals surface area contributed by atoms with Gasteiger partial charge >= 0.3 is 0 Å². The van der Waals surface area contributed by atoms with Crippen LogP contribution in [-0.2, 0) is 19.5 Å². The Morgan fingerprint density at radius 1 is 0.286 bits per heavy atom. The second-order valence-electron chi connectivity index (χ2n) is 0. The van der Waals surface area contributed by atoms with Gasteiger partial charge in [0.2, 0.25) is 0 Å². The van der Waals surface area contributed by atoms with Crippen LogP contribution < -0.4 is 0 Å². The Balaban J connectivity index is 0. The Morgan fingerprint density at radius 2 is 0.286 bits per heavy atom. The summed E-state index contributed by atoms with van der Waals surface area (Å²) in [4.78, 5) is 0. The topological polar surface area (TPSA) is 0 Å². The molecule has 0 atom stereocenters. The first kappa shape index (κ1) is 117. The predicted molar refractivity (Wildman–Crippen MR) is 43.5 cm³/mol. The second-order valence-corrected chi connectivity index (χ2v) is 0. The molecule has 0 N–H and O–H groups in total. The first-order valence-corrected chi connectivity index (χ1v) is 0. The van der Waals surface area contributed by atoms with Crippen molar-refractivity contribution in [1.29, 1.82) is 0 Å². The molecule has 0 fully saturated rings. The molecule has 0 spiro atoms. The quantitative estimate of drug-likeness (QED) is 0.602. The minimum Gasteiger partial charge on any atom is -0.147 e. The van der Waals surface area contributed by atoms with Gasteiger partial charge in [-0.25, -0.2) is 0 Å². The van der Waals surface area contributed by atoms with E-state index in [0.29, 0.717) is 0 Å². The fraction of sp³-hybridized carbons (Fsp3) is 0. The maximum atomic E-state index is 0. The molecule has 7 heavy (non-hydrogen) atoms. The van der Waals surface area contributed by atoms with Crippen LogP contribution in [0.5, 0.6) is 0 Å². The zero-order chi connectivity index (χ0) is 0. The molecule has 0 aliphatic heterocycles. The summed E-state index contributed by atoms with van der Waals surface area (Å²) in [5.41, 5.74) is 0. The fourth-order valence-electron chi connectivity index (χ4n) is 0. The third-order valence-corrected chi connectivity index (χ3v) is 0. The molecule has 0 saturated heterocycles. The van der Waals surface area contributed by atoms with Gasteiger partial charge in [0, 0.05) is 19.5 Å². The average molecular weight is 320 g/mol. The van der Waals surface area contributed by atoms with Crippen LogP contribution in [0.2, 0.25) is 0 Å². The zero-order valence-electron chi connectivity index (χ0n) is 2.80. The van der Waals surface area contributed by atoms with Gasteiger partial charge in [-0.2, -0.15) is 0 Å². The van der Waals surface area contributed by atoms with E-state index in [2.05, 4.69) is 0 Å². The average Bonchev–Trinajstić information content (AvgIpc) is 0. The van der Waals surface area contributed by atoms with E-state index in [0.717, 1.165) is 0 Å². The van der Waals surface area contributed by atoms with E-state index in [1.807, 2.05) is 0 Å². The molecule has 0 aliphatic carbocycles.